The van der Waals surface area contributed by atoms with Crippen molar-refractivity contribution in [3.05, 3.63) is 267 Å². The maximum atomic E-state index is 2.43. The van der Waals surface area contributed by atoms with E-state index in [1.54, 1.807) is 0 Å². The predicted octanol–water partition coefficient (Wildman–Crippen LogP) is 18.4. The molecule has 0 bridgehead atoms. The molecule has 0 saturated heterocycles. The topological polar surface area (TPSA) is 8.17 Å². The molecule has 0 spiro atoms. The summed E-state index contributed by atoms with van der Waals surface area (Å²) in [6.07, 6.45) is 0. The number of fused-ring (bicyclic) bond motifs is 7. The van der Waals surface area contributed by atoms with E-state index in [1.807, 2.05) is 0 Å². The second-order valence-electron chi connectivity index (χ2n) is 17.6. The van der Waals surface area contributed by atoms with Gasteiger partial charge in [0, 0.05) is 33.5 Å². The maximum absolute atomic E-state index is 2.43. The fourth-order valence-corrected chi connectivity index (χ4v) is 10.7. The Balaban J connectivity index is 0.998. The zero-order chi connectivity index (χ0) is 45.0. The average Bonchev–Trinajstić information content (AvgIpc) is 3.76. The van der Waals surface area contributed by atoms with Crippen molar-refractivity contribution >= 4 is 71.2 Å². The molecule has 2 nitrogen and oxygen atoms in total. The number of nitrogens with zero attached hydrogens (tertiary/aromatic N) is 2. The van der Waals surface area contributed by atoms with Crippen molar-refractivity contribution in [3.63, 3.8) is 0 Å². The molecule has 0 atom stereocenters. The van der Waals surface area contributed by atoms with E-state index in [9.17, 15) is 0 Å². The van der Waals surface area contributed by atoms with E-state index in [2.05, 4.69) is 276 Å². The predicted molar refractivity (Wildman–Crippen MR) is 290 cm³/mol. The van der Waals surface area contributed by atoms with Gasteiger partial charge in [0.15, 0.2) is 0 Å². The molecular weight excluding hydrogens is 821 g/mol. The zero-order valence-electron chi connectivity index (χ0n) is 37.3. The van der Waals surface area contributed by atoms with Crippen LogP contribution in [0.1, 0.15) is 0 Å². The highest BCUT2D eigenvalue weighted by molar-refractivity contribution is 6.21. The van der Waals surface area contributed by atoms with Gasteiger partial charge in [-0.25, -0.2) is 0 Å². The monoisotopic (exact) mass is 864 g/mol. The zero-order valence-corrected chi connectivity index (χ0v) is 37.3. The van der Waals surface area contributed by atoms with Crippen LogP contribution in [0.5, 0.6) is 0 Å². The van der Waals surface area contributed by atoms with Crippen molar-refractivity contribution in [1.82, 2.24) is 4.57 Å². The van der Waals surface area contributed by atoms with Crippen molar-refractivity contribution < 1.29 is 0 Å². The maximum Gasteiger partial charge on any atom is 0.0547 e. The minimum Gasteiger partial charge on any atom is -0.310 e. The number of hydrogen-bond acceptors (Lipinski definition) is 1. The summed E-state index contributed by atoms with van der Waals surface area (Å²) in [5.41, 5.74) is 16.3. The van der Waals surface area contributed by atoms with Crippen molar-refractivity contribution in [2.75, 3.05) is 4.90 Å². The lowest BCUT2D eigenvalue weighted by molar-refractivity contribution is 1.17. The van der Waals surface area contributed by atoms with E-state index in [0.717, 1.165) is 28.3 Å². The molecular formula is C66H44N2. The summed E-state index contributed by atoms with van der Waals surface area (Å²) in [5.74, 6) is 0. The molecule has 0 aliphatic carbocycles. The molecule has 0 radical (unpaired) electrons. The SMILES string of the molecule is c1ccc(-c2cccc3cccc(-c4ccc(N(c5cccc(-c6cccc7cccc(-c8ccccc8)c67)c5)c5cccc(-n6c7ccccc7c7c8ccccc8ccc76)c5)cc4)c23)cc1. The number of aromatic nitrogens is 1. The Kier molecular flexibility index (Phi) is 9.54. The van der Waals surface area contributed by atoms with Gasteiger partial charge < -0.3 is 9.47 Å². The van der Waals surface area contributed by atoms with Gasteiger partial charge in [0.25, 0.3) is 0 Å². The summed E-state index contributed by atoms with van der Waals surface area (Å²) < 4.78 is 2.43. The lowest BCUT2D eigenvalue weighted by Gasteiger charge is -2.27. The Morgan fingerprint density at radius 2 is 0.721 bits per heavy atom. The van der Waals surface area contributed by atoms with Gasteiger partial charge in [-0.1, -0.05) is 212 Å². The van der Waals surface area contributed by atoms with E-state index in [0.29, 0.717) is 0 Å². The van der Waals surface area contributed by atoms with Crippen molar-refractivity contribution in [1.29, 1.82) is 0 Å². The molecule has 0 aliphatic heterocycles. The Labute approximate surface area is 395 Å². The Bertz CT molecular complexity index is 4000. The lowest BCUT2D eigenvalue weighted by atomic mass is 9.91. The molecule has 0 saturated carbocycles. The summed E-state index contributed by atoms with van der Waals surface area (Å²) in [5, 5.41) is 9.99. The van der Waals surface area contributed by atoms with Crippen molar-refractivity contribution in [2.24, 2.45) is 0 Å². The Hall–Kier alpha value is -8.98. The standard InChI is InChI=1S/C66H44N2/c1-3-17-45(18-4-1)56-32-12-22-49-23-14-34-58(64(49)56)48-37-40-52(41-38-48)67(53-27-11-26-51(43-53)60-35-15-25-50-24-13-33-57(65(50)60)46-19-5-2-6-20-46)54-28-16-29-55(44-54)68-62-36-10-9-31-61(62)66-59-30-8-7-21-47(59)39-42-63(66)68/h1-44H. The van der Waals surface area contributed by atoms with Crippen LogP contribution in [0.2, 0.25) is 0 Å². The first-order valence-electron chi connectivity index (χ1n) is 23.4. The highest BCUT2D eigenvalue weighted by atomic mass is 15.1. The largest absolute Gasteiger partial charge is 0.310 e. The fourth-order valence-electron chi connectivity index (χ4n) is 10.7. The fraction of sp³-hybridized carbons (Fsp3) is 0. The quantitative estimate of drug-likeness (QED) is 0.148. The van der Waals surface area contributed by atoms with Gasteiger partial charge in [-0.2, -0.15) is 0 Å². The number of benzene rings is 12. The first kappa shape index (κ1) is 39.4. The summed E-state index contributed by atoms with van der Waals surface area (Å²) in [6, 6.07) is 97.5. The molecule has 2 heteroatoms. The van der Waals surface area contributed by atoms with Gasteiger partial charge in [-0.05, 0) is 131 Å². The molecule has 0 amide bonds. The van der Waals surface area contributed by atoms with Crippen LogP contribution in [0.15, 0.2) is 267 Å². The molecule has 12 aromatic carbocycles. The molecule has 0 N–H and O–H groups in total. The molecule has 68 heavy (non-hydrogen) atoms. The molecule has 0 aliphatic rings. The summed E-state index contributed by atoms with van der Waals surface area (Å²) in [6.45, 7) is 0. The average molecular weight is 865 g/mol. The highest BCUT2D eigenvalue weighted by Gasteiger charge is 2.20. The third-order valence-electron chi connectivity index (χ3n) is 13.7. The van der Waals surface area contributed by atoms with E-state index in [1.165, 1.54) is 93.1 Å². The first-order chi connectivity index (χ1) is 33.7. The van der Waals surface area contributed by atoms with Gasteiger partial charge in [0.1, 0.15) is 0 Å². The minimum absolute atomic E-state index is 1.07. The van der Waals surface area contributed by atoms with Crippen molar-refractivity contribution in [2.45, 2.75) is 0 Å². The van der Waals surface area contributed by atoms with Crippen LogP contribution >= 0.6 is 0 Å². The van der Waals surface area contributed by atoms with Crippen LogP contribution in [0.3, 0.4) is 0 Å². The second-order valence-corrected chi connectivity index (χ2v) is 17.6. The molecule has 318 valence electrons. The highest BCUT2D eigenvalue weighted by Crippen LogP contribution is 2.44. The molecule has 1 heterocycles. The van der Waals surface area contributed by atoms with Crippen LogP contribution < -0.4 is 4.90 Å². The van der Waals surface area contributed by atoms with E-state index >= 15 is 0 Å². The van der Waals surface area contributed by atoms with Crippen LogP contribution in [0.4, 0.5) is 17.1 Å². The minimum atomic E-state index is 1.07. The Morgan fingerprint density at radius 1 is 0.250 bits per heavy atom. The first-order valence-corrected chi connectivity index (χ1v) is 23.4. The molecule has 1 aromatic heterocycles. The second kappa shape index (κ2) is 16.5. The van der Waals surface area contributed by atoms with Crippen LogP contribution in [0, 0.1) is 0 Å². The number of hydrogen-bond donors (Lipinski definition) is 0. The van der Waals surface area contributed by atoms with Gasteiger partial charge in [0.2, 0.25) is 0 Å². The third-order valence-corrected chi connectivity index (χ3v) is 13.7. The third kappa shape index (κ3) is 6.65. The number of rotatable bonds is 8. The molecule has 13 aromatic rings. The van der Waals surface area contributed by atoms with Crippen LogP contribution in [-0.2, 0) is 0 Å². The van der Waals surface area contributed by atoms with Crippen molar-refractivity contribution in [3.8, 4) is 50.2 Å². The normalized spacial score (nSPS) is 11.5. The number of para-hydroxylation sites is 1. The number of anilines is 3. The van der Waals surface area contributed by atoms with Gasteiger partial charge in [0.05, 0.1) is 11.0 Å². The van der Waals surface area contributed by atoms with Gasteiger partial charge >= 0.3 is 0 Å². The van der Waals surface area contributed by atoms with E-state index in [4.69, 9.17) is 0 Å². The molecule has 0 unspecified atom stereocenters. The molecule has 13 rings (SSSR count). The van der Waals surface area contributed by atoms with Crippen LogP contribution in [-0.4, -0.2) is 4.57 Å². The summed E-state index contributed by atoms with van der Waals surface area (Å²) >= 11 is 0. The van der Waals surface area contributed by atoms with Gasteiger partial charge in [-0.3, -0.25) is 0 Å². The lowest BCUT2D eigenvalue weighted by Crippen LogP contribution is -2.10. The smallest absolute Gasteiger partial charge is 0.0547 e. The van der Waals surface area contributed by atoms with E-state index < -0.39 is 0 Å². The van der Waals surface area contributed by atoms with Gasteiger partial charge in [-0.15, -0.1) is 0 Å². The summed E-state index contributed by atoms with van der Waals surface area (Å²) in [4.78, 5) is 2.42. The van der Waals surface area contributed by atoms with Crippen LogP contribution in [0.25, 0.3) is 104 Å². The Morgan fingerprint density at radius 3 is 1.35 bits per heavy atom. The molecule has 0 fully saturated rings. The summed E-state index contributed by atoms with van der Waals surface area (Å²) in [7, 11) is 0. The van der Waals surface area contributed by atoms with E-state index in [-0.39, 0.29) is 0 Å².